The molecule has 236 valence electrons. The minimum Gasteiger partial charge on any atom is -0.455 e. The van der Waals surface area contributed by atoms with Crippen LogP contribution in [0.3, 0.4) is 0 Å². The lowest BCUT2D eigenvalue weighted by Crippen LogP contribution is -2.26. The molecule has 0 spiro atoms. The van der Waals surface area contributed by atoms with Gasteiger partial charge in [0, 0.05) is 23.5 Å². The van der Waals surface area contributed by atoms with Gasteiger partial charge in [-0.05, 0) is 62.4 Å². The Morgan fingerprint density at radius 2 is 0.833 bits per heavy atom. The van der Waals surface area contributed by atoms with E-state index in [9.17, 15) is 9.59 Å². The minimum absolute atomic E-state index is 0.0265. The summed E-state index contributed by atoms with van der Waals surface area (Å²) in [5.74, 6) is 0.543. The summed E-state index contributed by atoms with van der Waals surface area (Å²) in [5.41, 5.74) is 18.0. The second-order valence-electron chi connectivity index (χ2n) is 11.6. The number of nitrogens with two attached hydrogens (primary N) is 2. The van der Waals surface area contributed by atoms with Gasteiger partial charge in [0.2, 0.25) is 0 Å². The van der Waals surface area contributed by atoms with Crippen molar-refractivity contribution < 1.29 is 19.1 Å². The molecule has 6 aromatic rings. The van der Waals surface area contributed by atoms with E-state index in [0.29, 0.717) is 34.2 Å². The first kappa shape index (κ1) is 30.1. The third-order valence-electron chi connectivity index (χ3n) is 8.17. The highest BCUT2D eigenvalue weighted by molar-refractivity contribution is 6.35. The van der Waals surface area contributed by atoms with Crippen molar-refractivity contribution in [3.63, 3.8) is 0 Å². The van der Waals surface area contributed by atoms with Crippen molar-refractivity contribution in [1.82, 2.24) is 0 Å². The third kappa shape index (κ3) is 5.67. The van der Waals surface area contributed by atoms with Gasteiger partial charge in [-0.25, -0.2) is 0 Å². The molecule has 6 N–H and O–H groups in total. The lowest BCUT2D eigenvalue weighted by Gasteiger charge is -2.27. The molecule has 7 rings (SSSR count). The molecule has 0 unspecified atom stereocenters. The van der Waals surface area contributed by atoms with E-state index in [2.05, 4.69) is 10.6 Å². The summed E-state index contributed by atoms with van der Waals surface area (Å²) in [5, 5.41) is 6.66. The number of ether oxygens (including phenoxy) is 2. The molecule has 8 nitrogen and oxygen atoms in total. The molecule has 0 aromatic heterocycles. The van der Waals surface area contributed by atoms with E-state index in [1.165, 1.54) is 0 Å². The maximum Gasteiger partial charge on any atom is 0.198 e. The van der Waals surface area contributed by atoms with Crippen molar-refractivity contribution >= 4 is 45.7 Å². The summed E-state index contributed by atoms with van der Waals surface area (Å²) in [6, 6.07) is 36.9. The number of carbonyl (C=O) groups excluding carboxylic acids is 2. The smallest absolute Gasteiger partial charge is 0.198 e. The first-order valence-corrected chi connectivity index (χ1v) is 15.4. The van der Waals surface area contributed by atoms with E-state index < -0.39 is 11.6 Å². The molecule has 0 aliphatic heterocycles. The van der Waals surface area contributed by atoms with Gasteiger partial charge in [0.05, 0.1) is 45.0 Å². The molecular weight excluding hydrogens is 600 g/mol. The summed E-state index contributed by atoms with van der Waals surface area (Å²) < 4.78 is 12.4. The van der Waals surface area contributed by atoms with Gasteiger partial charge in [0.1, 0.15) is 11.5 Å². The Balaban J connectivity index is 1.44. The number of carbonyl (C=O) groups is 2. The maximum atomic E-state index is 14.8. The van der Waals surface area contributed by atoms with Crippen LogP contribution in [-0.4, -0.2) is 11.6 Å². The molecule has 0 bridgehead atoms. The van der Waals surface area contributed by atoms with E-state index in [0.717, 1.165) is 11.1 Å². The van der Waals surface area contributed by atoms with Crippen molar-refractivity contribution in [3.8, 4) is 23.0 Å². The number of ketones is 2. The second kappa shape index (κ2) is 12.3. The quantitative estimate of drug-likeness (QED) is 0.122. The van der Waals surface area contributed by atoms with Gasteiger partial charge in [-0.1, -0.05) is 71.8 Å². The Bertz CT molecular complexity index is 2020. The maximum absolute atomic E-state index is 14.8. The first-order valence-electron chi connectivity index (χ1n) is 15.4. The van der Waals surface area contributed by atoms with Gasteiger partial charge in [0.25, 0.3) is 0 Å². The van der Waals surface area contributed by atoms with Crippen LogP contribution in [0.1, 0.15) is 43.0 Å². The van der Waals surface area contributed by atoms with Gasteiger partial charge < -0.3 is 31.6 Å². The number of para-hydroxylation sites is 2. The molecule has 0 atom stereocenters. The molecule has 0 radical (unpaired) electrons. The van der Waals surface area contributed by atoms with Crippen molar-refractivity contribution in [2.75, 3.05) is 22.1 Å². The molecule has 6 aromatic carbocycles. The lowest BCUT2D eigenvalue weighted by atomic mass is 9.80. The molecule has 1 aliphatic carbocycles. The molecule has 0 amide bonds. The highest BCUT2D eigenvalue weighted by atomic mass is 16.5. The fourth-order valence-electron chi connectivity index (χ4n) is 5.72. The standard InChI is InChI=1S/C40H32N4O4/c1-23-13-17-25(18-14-23)43-29-21-31(47-27-9-5-3-6-10-27)37(41)35-33(29)39(45)36-34(40(35)46)30(44-26-19-15-24(2)16-20-26)22-32(38(36)42)48-28-11-7-4-8-12-28/h3-22,43-44H,41-42H2,1-2H3. The van der Waals surface area contributed by atoms with Crippen molar-refractivity contribution in [2.24, 2.45) is 0 Å². The summed E-state index contributed by atoms with van der Waals surface area (Å²) in [4.78, 5) is 29.5. The second-order valence-corrected chi connectivity index (χ2v) is 11.6. The van der Waals surface area contributed by atoms with Crippen LogP contribution in [0.15, 0.2) is 121 Å². The van der Waals surface area contributed by atoms with E-state index in [1.54, 1.807) is 36.4 Å². The molecule has 0 fully saturated rings. The zero-order valence-electron chi connectivity index (χ0n) is 26.3. The molecule has 0 saturated carbocycles. The van der Waals surface area contributed by atoms with E-state index >= 15 is 0 Å². The van der Waals surface area contributed by atoms with E-state index in [4.69, 9.17) is 20.9 Å². The van der Waals surface area contributed by atoms with Gasteiger partial charge in [-0.15, -0.1) is 0 Å². The van der Waals surface area contributed by atoms with Gasteiger partial charge in [0.15, 0.2) is 23.1 Å². The average molecular weight is 633 g/mol. The normalized spacial score (nSPS) is 11.8. The highest BCUT2D eigenvalue weighted by Crippen LogP contribution is 2.48. The number of nitrogen functional groups attached to an aromatic ring is 2. The Morgan fingerprint density at radius 3 is 1.19 bits per heavy atom. The number of benzene rings is 6. The summed E-state index contributed by atoms with van der Waals surface area (Å²) in [7, 11) is 0. The first-order chi connectivity index (χ1) is 23.3. The summed E-state index contributed by atoms with van der Waals surface area (Å²) in [6.45, 7) is 3.97. The van der Waals surface area contributed by atoms with Crippen LogP contribution in [0, 0.1) is 13.8 Å². The Labute approximate surface area is 278 Å². The van der Waals surface area contributed by atoms with Crippen molar-refractivity contribution in [2.45, 2.75) is 13.8 Å². The largest absolute Gasteiger partial charge is 0.455 e. The zero-order chi connectivity index (χ0) is 33.4. The number of hydrogen-bond acceptors (Lipinski definition) is 8. The highest BCUT2D eigenvalue weighted by Gasteiger charge is 2.39. The van der Waals surface area contributed by atoms with Crippen LogP contribution in [-0.2, 0) is 0 Å². The number of hydrogen-bond donors (Lipinski definition) is 4. The lowest BCUT2D eigenvalue weighted by molar-refractivity contribution is 0.0981. The van der Waals surface area contributed by atoms with Gasteiger partial charge >= 0.3 is 0 Å². The fourth-order valence-corrected chi connectivity index (χ4v) is 5.72. The van der Waals surface area contributed by atoms with Gasteiger partial charge in [-0.3, -0.25) is 9.59 Å². The van der Waals surface area contributed by atoms with Gasteiger partial charge in [-0.2, -0.15) is 0 Å². The Morgan fingerprint density at radius 1 is 0.479 bits per heavy atom. The topological polar surface area (TPSA) is 129 Å². The number of rotatable bonds is 8. The van der Waals surface area contributed by atoms with E-state index in [1.807, 2.05) is 98.8 Å². The average Bonchev–Trinajstić information content (AvgIpc) is 3.09. The molecule has 1 aliphatic rings. The predicted molar refractivity (Wildman–Crippen MR) is 191 cm³/mol. The van der Waals surface area contributed by atoms with Crippen LogP contribution < -0.4 is 31.6 Å². The summed E-state index contributed by atoms with van der Waals surface area (Å²) in [6.07, 6.45) is 0. The van der Waals surface area contributed by atoms with Crippen LogP contribution in [0.2, 0.25) is 0 Å². The Hall–Kier alpha value is -6.54. The monoisotopic (exact) mass is 632 g/mol. The minimum atomic E-state index is -0.477. The fraction of sp³-hybridized carbons (Fsp3) is 0.0500. The summed E-state index contributed by atoms with van der Waals surface area (Å²) >= 11 is 0. The van der Waals surface area contributed by atoms with Crippen molar-refractivity contribution in [3.05, 3.63) is 155 Å². The molecular formula is C40H32N4O4. The third-order valence-corrected chi connectivity index (χ3v) is 8.17. The predicted octanol–water partition coefficient (Wildman–Crippen LogP) is 9.32. The number of aryl methyl sites for hydroxylation is 2. The number of nitrogens with one attached hydrogen (secondary N) is 2. The zero-order valence-corrected chi connectivity index (χ0v) is 26.3. The number of fused-ring (bicyclic) bond motifs is 2. The van der Waals surface area contributed by atoms with E-state index in [-0.39, 0.29) is 45.1 Å². The molecule has 0 heterocycles. The molecule has 8 heteroatoms. The van der Waals surface area contributed by atoms with Crippen LogP contribution >= 0.6 is 0 Å². The number of anilines is 6. The molecule has 0 saturated heterocycles. The SMILES string of the molecule is Cc1ccc(Nc2cc(Oc3ccccc3)c(N)c3c2C(=O)c2c(N)c(Oc4ccccc4)cc(Nc4ccc(C)cc4)c2C3=O)cc1. The van der Waals surface area contributed by atoms with Crippen LogP contribution in [0.5, 0.6) is 23.0 Å². The van der Waals surface area contributed by atoms with Crippen LogP contribution in [0.4, 0.5) is 34.1 Å². The van der Waals surface area contributed by atoms with Crippen molar-refractivity contribution in [1.29, 1.82) is 0 Å². The molecule has 48 heavy (non-hydrogen) atoms. The Kier molecular flexibility index (Phi) is 7.74. The van der Waals surface area contributed by atoms with Crippen LogP contribution in [0.25, 0.3) is 0 Å².